The largest absolute Gasteiger partial charge is 0.385 e. The van der Waals surface area contributed by atoms with E-state index in [1.165, 1.54) is 6.33 Å². The number of aromatic nitrogens is 3. The fourth-order valence-corrected chi connectivity index (χ4v) is 0.896. The zero-order valence-electron chi connectivity index (χ0n) is 8.18. The third kappa shape index (κ3) is 3.77. The topological polar surface area (TPSA) is 106 Å². The number of aliphatic hydroxyl groups is 1. The molecular formula is C7H11F2N5O2. The molecule has 90 valence electrons. The summed E-state index contributed by atoms with van der Waals surface area (Å²) in [5, 5.41) is 14.5. The first-order chi connectivity index (χ1) is 7.49. The number of nitrogen functional groups attached to an aromatic ring is 1. The molecule has 1 atom stereocenters. The van der Waals surface area contributed by atoms with Gasteiger partial charge in [-0.25, -0.2) is 18.4 Å². The van der Waals surface area contributed by atoms with Crippen LogP contribution >= 0.6 is 0 Å². The lowest BCUT2D eigenvalue weighted by Crippen LogP contribution is -2.37. The van der Waals surface area contributed by atoms with Gasteiger partial charge in [0.05, 0.1) is 0 Å². The molecule has 0 radical (unpaired) electrons. The first kappa shape index (κ1) is 12.3. The van der Waals surface area contributed by atoms with Gasteiger partial charge in [0, 0.05) is 6.54 Å². The minimum atomic E-state index is -2.89. The number of nitrogens with two attached hydrogens (primary N) is 1. The number of carbonyl (C=O) groups excluding carboxylic acids is 1. The van der Waals surface area contributed by atoms with E-state index >= 15 is 0 Å². The number of hydrogen-bond acceptors (Lipinski definition) is 5. The minimum absolute atomic E-state index is 0.0143. The van der Waals surface area contributed by atoms with Crippen molar-refractivity contribution in [2.24, 2.45) is 0 Å². The summed E-state index contributed by atoms with van der Waals surface area (Å²) in [5.74, 6) is -0.551. The lowest BCUT2D eigenvalue weighted by molar-refractivity contribution is -0.122. The zero-order valence-corrected chi connectivity index (χ0v) is 8.18. The highest BCUT2D eigenvalue weighted by atomic mass is 19.3. The van der Waals surface area contributed by atoms with Crippen molar-refractivity contribution in [2.45, 2.75) is 19.1 Å². The zero-order chi connectivity index (χ0) is 12.1. The van der Waals surface area contributed by atoms with Crippen LogP contribution in [0.15, 0.2) is 6.33 Å². The van der Waals surface area contributed by atoms with E-state index in [1.54, 1.807) is 0 Å². The molecule has 1 aromatic rings. The van der Waals surface area contributed by atoms with Gasteiger partial charge in [-0.15, -0.1) is 5.10 Å². The van der Waals surface area contributed by atoms with E-state index in [9.17, 15) is 13.6 Å². The maximum atomic E-state index is 11.9. The highest BCUT2D eigenvalue weighted by molar-refractivity contribution is 5.75. The van der Waals surface area contributed by atoms with E-state index < -0.39 is 25.0 Å². The van der Waals surface area contributed by atoms with Gasteiger partial charge in [0.15, 0.2) is 0 Å². The van der Waals surface area contributed by atoms with Crippen LogP contribution in [0.5, 0.6) is 0 Å². The summed E-state index contributed by atoms with van der Waals surface area (Å²) in [6, 6.07) is 0. The van der Waals surface area contributed by atoms with Crippen molar-refractivity contribution in [2.75, 3.05) is 12.3 Å². The van der Waals surface area contributed by atoms with Gasteiger partial charge in [0.25, 0.3) is 6.43 Å². The van der Waals surface area contributed by atoms with Gasteiger partial charge in [0.1, 0.15) is 19.0 Å². The van der Waals surface area contributed by atoms with Crippen molar-refractivity contribution < 1.29 is 18.7 Å². The molecule has 0 aliphatic carbocycles. The summed E-state index contributed by atoms with van der Waals surface area (Å²) in [5.41, 5.74) is 5.20. The summed E-state index contributed by atoms with van der Waals surface area (Å²) < 4.78 is 24.9. The summed E-state index contributed by atoms with van der Waals surface area (Å²) in [4.78, 5) is 14.7. The monoisotopic (exact) mass is 235 g/mol. The third-order valence-electron chi connectivity index (χ3n) is 1.66. The van der Waals surface area contributed by atoms with Gasteiger partial charge < -0.3 is 16.2 Å². The molecule has 1 aromatic heterocycles. The summed E-state index contributed by atoms with van der Waals surface area (Å²) in [7, 11) is 0. The Hall–Kier alpha value is -1.77. The quantitative estimate of drug-likeness (QED) is 0.582. The first-order valence-electron chi connectivity index (χ1n) is 4.37. The Labute approximate surface area is 89.3 Å². The Balaban J connectivity index is 2.31. The molecule has 9 heteroatoms. The van der Waals surface area contributed by atoms with Gasteiger partial charge in [-0.2, -0.15) is 0 Å². The Bertz CT molecular complexity index is 356. The Morgan fingerprint density at radius 2 is 2.38 bits per heavy atom. The third-order valence-corrected chi connectivity index (χ3v) is 1.66. The Kier molecular flexibility index (Phi) is 4.11. The second-order valence-corrected chi connectivity index (χ2v) is 3.01. The van der Waals surface area contributed by atoms with Gasteiger partial charge in [0.2, 0.25) is 11.9 Å². The molecule has 7 nitrogen and oxygen atoms in total. The highest BCUT2D eigenvalue weighted by Gasteiger charge is 2.17. The number of rotatable bonds is 5. The molecule has 0 fully saturated rings. The van der Waals surface area contributed by atoms with Crippen LogP contribution in [0.4, 0.5) is 14.7 Å². The van der Waals surface area contributed by atoms with E-state index in [0.29, 0.717) is 0 Å². The molecule has 16 heavy (non-hydrogen) atoms. The first-order valence-corrected chi connectivity index (χ1v) is 4.37. The van der Waals surface area contributed by atoms with E-state index in [1.807, 2.05) is 0 Å². The van der Waals surface area contributed by atoms with Crippen molar-refractivity contribution in [3.8, 4) is 0 Å². The second-order valence-electron chi connectivity index (χ2n) is 3.01. The van der Waals surface area contributed by atoms with Crippen LogP contribution in [-0.2, 0) is 11.3 Å². The van der Waals surface area contributed by atoms with Gasteiger partial charge in [-0.3, -0.25) is 4.79 Å². The molecule has 0 saturated carbocycles. The van der Waals surface area contributed by atoms with Crippen molar-refractivity contribution in [1.82, 2.24) is 20.1 Å². The van der Waals surface area contributed by atoms with E-state index in [2.05, 4.69) is 15.4 Å². The number of halogens is 2. The summed E-state index contributed by atoms with van der Waals surface area (Å²) >= 11 is 0. The van der Waals surface area contributed by atoms with Crippen LogP contribution in [0.25, 0.3) is 0 Å². The molecule has 0 spiro atoms. The average molecular weight is 235 g/mol. The van der Waals surface area contributed by atoms with E-state index in [-0.39, 0.29) is 12.5 Å². The molecular weight excluding hydrogens is 224 g/mol. The number of alkyl halides is 2. The van der Waals surface area contributed by atoms with Crippen LogP contribution in [0.3, 0.4) is 0 Å². The molecule has 0 saturated heterocycles. The van der Waals surface area contributed by atoms with Crippen molar-refractivity contribution in [3.05, 3.63) is 6.33 Å². The minimum Gasteiger partial charge on any atom is -0.385 e. The molecule has 1 rings (SSSR count). The fraction of sp³-hybridized carbons (Fsp3) is 0.571. The van der Waals surface area contributed by atoms with Crippen molar-refractivity contribution in [3.63, 3.8) is 0 Å². The number of hydrogen-bond donors (Lipinski definition) is 3. The molecule has 0 aliphatic heterocycles. The van der Waals surface area contributed by atoms with Crippen LogP contribution in [-0.4, -0.2) is 44.9 Å². The van der Waals surface area contributed by atoms with Gasteiger partial charge >= 0.3 is 0 Å². The molecule has 1 heterocycles. The maximum absolute atomic E-state index is 11.9. The van der Waals surface area contributed by atoms with Crippen LogP contribution in [0, 0.1) is 0 Å². The van der Waals surface area contributed by atoms with Gasteiger partial charge in [-0.05, 0) is 0 Å². The predicted octanol–water partition coefficient (Wildman–Crippen LogP) is -1.40. The average Bonchev–Trinajstić information content (AvgIpc) is 2.60. The number of carbonyl (C=O) groups is 1. The maximum Gasteiger partial charge on any atom is 0.265 e. The summed E-state index contributed by atoms with van der Waals surface area (Å²) in [6.45, 7) is -0.708. The second kappa shape index (κ2) is 5.35. The van der Waals surface area contributed by atoms with E-state index in [0.717, 1.165) is 4.68 Å². The normalized spacial score (nSPS) is 12.8. The van der Waals surface area contributed by atoms with Crippen LogP contribution in [0.1, 0.15) is 0 Å². The Morgan fingerprint density at radius 1 is 1.69 bits per heavy atom. The van der Waals surface area contributed by atoms with Crippen LogP contribution in [0.2, 0.25) is 0 Å². The Morgan fingerprint density at radius 3 is 2.88 bits per heavy atom. The number of amides is 1. The highest BCUT2D eigenvalue weighted by Crippen LogP contribution is 1.98. The molecule has 0 aliphatic rings. The molecule has 0 bridgehead atoms. The summed E-state index contributed by atoms with van der Waals surface area (Å²) in [6.07, 6.45) is -3.52. The van der Waals surface area contributed by atoms with Crippen molar-refractivity contribution >= 4 is 11.9 Å². The molecule has 4 N–H and O–H groups in total. The molecule has 1 unspecified atom stereocenters. The fourth-order valence-electron chi connectivity index (χ4n) is 0.896. The van der Waals surface area contributed by atoms with Gasteiger partial charge in [-0.1, -0.05) is 0 Å². The SMILES string of the molecule is Nc1ncn(CC(=O)NCC(O)C(F)F)n1. The number of aliphatic hydroxyl groups excluding tert-OH is 1. The number of anilines is 1. The molecule has 0 aromatic carbocycles. The van der Waals surface area contributed by atoms with Crippen LogP contribution < -0.4 is 11.1 Å². The number of nitrogens with one attached hydrogen (secondary N) is 1. The van der Waals surface area contributed by atoms with Crippen molar-refractivity contribution in [1.29, 1.82) is 0 Å². The number of nitrogens with zero attached hydrogens (tertiary/aromatic N) is 3. The smallest absolute Gasteiger partial charge is 0.265 e. The lowest BCUT2D eigenvalue weighted by Gasteiger charge is -2.10. The van der Waals surface area contributed by atoms with E-state index in [4.69, 9.17) is 10.8 Å². The molecule has 1 amide bonds. The predicted molar refractivity (Wildman–Crippen MR) is 49.5 cm³/mol. The standard InChI is InChI=1S/C7H11F2N5O2/c8-6(9)4(15)1-11-5(16)2-14-3-12-7(10)13-14/h3-4,6,15H,1-2H2,(H2,10,13)(H,11,16). The lowest BCUT2D eigenvalue weighted by atomic mass is 10.3.